The maximum atomic E-state index is 12.0. The molecule has 0 radical (unpaired) electrons. The van der Waals surface area contributed by atoms with Gasteiger partial charge in [0, 0.05) is 5.02 Å². The number of nitrogens with one attached hydrogen (secondary N) is 1. The fourth-order valence-corrected chi connectivity index (χ4v) is 2.11. The van der Waals surface area contributed by atoms with Gasteiger partial charge in [0.05, 0.1) is 22.5 Å². The second kappa shape index (κ2) is 5.52. The highest BCUT2D eigenvalue weighted by Gasteiger charge is 2.20. The van der Waals surface area contributed by atoms with Gasteiger partial charge in [0.2, 0.25) is 0 Å². The Balaban J connectivity index is 2.41. The summed E-state index contributed by atoms with van der Waals surface area (Å²) in [5.74, 6) is -1.52. The number of nitrogens with zero attached hydrogens (tertiary/aromatic N) is 1. The lowest BCUT2D eigenvalue weighted by atomic mass is 10.1. The minimum atomic E-state index is -1.26. The number of hydrogen-bond donors (Lipinski definition) is 2. The smallest absolute Gasteiger partial charge is 0.337 e. The molecule has 2 N–H and O–H groups in total. The molecule has 6 nitrogen and oxygen atoms in total. The first kappa shape index (κ1) is 14.4. The molecule has 0 saturated heterocycles. The Hall–Kier alpha value is -2.05. The lowest BCUT2D eigenvalue weighted by Gasteiger charge is -2.10. The standard InChI is InChI=1S/C12H8Cl2N2O4/c1-5-8(4-15-20-5)11(17)16-10-7(12(18)19)2-6(13)3-9(10)14/h2-4H,1H3,(H,16,17)(H,18,19). The zero-order chi connectivity index (χ0) is 14.9. The number of carbonyl (C=O) groups is 2. The van der Waals surface area contributed by atoms with E-state index in [9.17, 15) is 9.59 Å². The van der Waals surface area contributed by atoms with E-state index in [1.807, 2.05) is 0 Å². The van der Waals surface area contributed by atoms with E-state index in [4.69, 9.17) is 32.8 Å². The molecule has 0 aliphatic carbocycles. The molecule has 1 heterocycles. The molecule has 2 rings (SSSR count). The van der Waals surface area contributed by atoms with E-state index < -0.39 is 11.9 Å². The summed E-state index contributed by atoms with van der Waals surface area (Å²) in [6.45, 7) is 1.56. The van der Waals surface area contributed by atoms with Crippen molar-refractivity contribution in [3.63, 3.8) is 0 Å². The van der Waals surface area contributed by atoms with E-state index in [1.54, 1.807) is 6.92 Å². The number of benzene rings is 1. The van der Waals surface area contributed by atoms with Crippen LogP contribution in [-0.4, -0.2) is 22.1 Å². The number of anilines is 1. The zero-order valence-electron chi connectivity index (χ0n) is 10.1. The van der Waals surface area contributed by atoms with Crippen molar-refractivity contribution in [2.75, 3.05) is 5.32 Å². The highest BCUT2D eigenvalue weighted by Crippen LogP contribution is 2.30. The molecular weight excluding hydrogens is 307 g/mol. The molecule has 104 valence electrons. The summed E-state index contributed by atoms with van der Waals surface area (Å²) in [5.41, 5.74) is -0.0496. The van der Waals surface area contributed by atoms with Crippen molar-refractivity contribution in [2.45, 2.75) is 6.92 Å². The van der Waals surface area contributed by atoms with E-state index in [2.05, 4.69) is 10.5 Å². The molecule has 0 spiro atoms. The number of aromatic nitrogens is 1. The fraction of sp³-hybridized carbons (Fsp3) is 0.0833. The second-order valence-corrected chi connectivity index (χ2v) is 4.71. The summed E-state index contributed by atoms with van der Waals surface area (Å²) in [7, 11) is 0. The van der Waals surface area contributed by atoms with Crippen LogP contribution in [0.2, 0.25) is 10.0 Å². The van der Waals surface area contributed by atoms with Crippen molar-refractivity contribution in [1.82, 2.24) is 5.16 Å². The minimum absolute atomic E-state index is 0.0253. The van der Waals surface area contributed by atoms with E-state index in [0.29, 0.717) is 5.76 Å². The molecule has 0 aliphatic heterocycles. The van der Waals surface area contributed by atoms with Crippen molar-refractivity contribution < 1.29 is 19.2 Å². The normalized spacial score (nSPS) is 10.3. The molecular formula is C12H8Cl2N2O4. The van der Waals surface area contributed by atoms with Crippen LogP contribution >= 0.6 is 23.2 Å². The Morgan fingerprint density at radius 1 is 1.30 bits per heavy atom. The Morgan fingerprint density at radius 3 is 2.55 bits per heavy atom. The molecule has 0 saturated carbocycles. The summed E-state index contributed by atoms with van der Waals surface area (Å²) in [4.78, 5) is 23.2. The van der Waals surface area contributed by atoms with Crippen LogP contribution in [0.25, 0.3) is 0 Å². The topological polar surface area (TPSA) is 92.4 Å². The second-order valence-electron chi connectivity index (χ2n) is 3.87. The fourth-order valence-electron chi connectivity index (χ4n) is 1.57. The summed E-state index contributed by atoms with van der Waals surface area (Å²) >= 11 is 11.7. The van der Waals surface area contributed by atoms with E-state index in [1.165, 1.54) is 18.3 Å². The summed E-state index contributed by atoms with van der Waals surface area (Å²) in [6.07, 6.45) is 1.23. The third-order valence-corrected chi connectivity index (χ3v) is 3.04. The van der Waals surface area contributed by atoms with Crippen LogP contribution in [0.15, 0.2) is 22.9 Å². The molecule has 0 aliphatic rings. The number of aryl methyl sites for hydroxylation is 1. The first-order valence-electron chi connectivity index (χ1n) is 5.35. The third kappa shape index (κ3) is 2.76. The minimum Gasteiger partial charge on any atom is -0.478 e. The quantitative estimate of drug-likeness (QED) is 0.907. The highest BCUT2D eigenvalue weighted by molar-refractivity contribution is 6.38. The van der Waals surface area contributed by atoms with Crippen molar-refractivity contribution in [3.05, 3.63) is 45.3 Å². The Labute approximate surface area is 123 Å². The molecule has 1 aromatic heterocycles. The van der Waals surface area contributed by atoms with Crippen molar-refractivity contribution in [2.24, 2.45) is 0 Å². The number of carboxylic acids is 1. The zero-order valence-corrected chi connectivity index (χ0v) is 11.6. The molecule has 0 unspecified atom stereocenters. The maximum absolute atomic E-state index is 12.0. The number of carbonyl (C=O) groups excluding carboxylic acids is 1. The van der Waals surface area contributed by atoms with Gasteiger partial charge in [-0.25, -0.2) is 4.79 Å². The molecule has 0 fully saturated rings. The van der Waals surface area contributed by atoms with Crippen LogP contribution in [0.1, 0.15) is 26.5 Å². The van der Waals surface area contributed by atoms with Gasteiger partial charge in [-0.05, 0) is 19.1 Å². The van der Waals surface area contributed by atoms with Crippen molar-refractivity contribution in [3.8, 4) is 0 Å². The van der Waals surface area contributed by atoms with Gasteiger partial charge in [0.1, 0.15) is 11.3 Å². The van der Waals surface area contributed by atoms with Gasteiger partial charge in [-0.3, -0.25) is 4.79 Å². The number of hydrogen-bond acceptors (Lipinski definition) is 4. The first-order chi connectivity index (χ1) is 9.40. The van der Waals surface area contributed by atoms with E-state index in [-0.39, 0.29) is 26.9 Å². The number of carboxylic acid groups (broad SMARTS) is 1. The Kier molecular flexibility index (Phi) is 3.96. The molecule has 0 atom stereocenters. The lowest BCUT2D eigenvalue weighted by molar-refractivity contribution is 0.0698. The van der Waals surface area contributed by atoms with E-state index >= 15 is 0 Å². The molecule has 0 bridgehead atoms. The largest absolute Gasteiger partial charge is 0.478 e. The van der Waals surface area contributed by atoms with Gasteiger partial charge < -0.3 is 14.9 Å². The number of halogens is 2. The lowest BCUT2D eigenvalue weighted by Crippen LogP contribution is -2.15. The predicted molar refractivity (Wildman–Crippen MR) is 72.6 cm³/mol. The van der Waals surface area contributed by atoms with Crippen molar-refractivity contribution >= 4 is 40.8 Å². The number of rotatable bonds is 3. The molecule has 1 aromatic carbocycles. The van der Waals surface area contributed by atoms with Crippen LogP contribution in [0.5, 0.6) is 0 Å². The summed E-state index contributed by atoms with van der Waals surface area (Å²) < 4.78 is 4.77. The van der Waals surface area contributed by atoms with Gasteiger partial charge in [-0.15, -0.1) is 0 Å². The van der Waals surface area contributed by atoms with Crippen LogP contribution in [-0.2, 0) is 0 Å². The maximum Gasteiger partial charge on any atom is 0.337 e. The average molecular weight is 315 g/mol. The number of aromatic carboxylic acids is 1. The van der Waals surface area contributed by atoms with Gasteiger partial charge in [0.25, 0.3) is 5.91 Å². The molecule has 2 aromatic rings. The van der Waals surface area contributed by atoms with Crippen LogP contribution in [0.3, 0.4) is 0 Å². The van der Waals surface area contributed by atoms with Gasteiger partial charge in [-0.2, -0.15) is 0 Å². The van der Waals surface area contributed by atoms with E-state index in [0.717, 1.165) is 0 Å². The monoisotopic (exact) mass is 314 g/mol. The Morgan fingerprint density at radius 2 is 2.00 bits per heavy atom. The molecule has 8 heteroatoms. The van der Waals surface area contributed by atoms with Crippen LogP contribution in [0.4, 0.5) is 5.69 Å². The molecule has 20 heavy (non-hydrogen) atoms. The predicted octanol–water partition coefficient (Wildman–Crippen LogP) is 3.24. The number of amides is 1. The van der Waals surface area contributed by atoms with Gasteiger partial charge in [0.15, 0.2) is 0 Å². The average Bonchev–Trinajstić information content (AvgIpc) is 2.78. The van der Waals surface area contributed by atoms with Crippen LogP contribution in [0, 0.1) is 6.92 Å². The first-order valence-corrected chi connectivity index (χ1v) is 6.10. The highest BCUT2D eigenvalue weighted by atomic mass is 35.5. The van der Waals surface area contributed by atoms with Crippen molar-refractivity contribution in [1.29, 1.82) is 0 Å². The van der Waals surface area contributed by atoms with Gasteiger partial charge >= 0.3 is 5.97 Å². The Bertz CT molecular complexity index is 697. The third-order valence-electron chi connectivity index (χ3n) is 2.52. The van der Waals surface area contributed by atoms with Crippen LogP contribution < -0.4 is 5.32 Å². The SMILES string of the molecule is Cc1oncc1C(=O)Nc1c(Cl)cc(Cl)cc1C(=O)O. The molecule has 1 amide bonds. The summed E-state index contributed by atoms with van der Waals surface area (Å²) in [6, 6.07) is 2.54. The van der Waals surface area contributed by atoms with Gasteiger partial charge in [-0.1, -0.05) is 28.4 Å². The summed E-state index contributed by atoms with van der Waals surface area (Å²) in [5, 5.41) is 15.2.